The Balaban J connectivity index is 1.26. The van der Waals surface area contributed by atoms with Crippen LogP contribution in [0.25, 0.3) is 0 Å². The molecule has 4 saturated carbocycles. The SMILES string of the molecule is CN(C)C(=O)c1ccc(NC(=O)COC(=O)CC23C[C@@H]4C[C@@H](CC(O)(C4)C2)C3)cc1. The molecule has 0 heterocycles. The summed E-state index contributed by atoms with van der Waals surface area (Å²) >= 11 is 0. The Labute approximate surface area is 176 Å². The first-order valence-electron chi connectivity index (χ1n) is 10.6. The minimum atomic E-state index is -0.609. The van der Waals surface area contributed by atoms with Gasteiger partial charge < -0.3 is 20.1 Å². The molecule has 0 saturated heterocycles. The summed E-state index contributed by atoms with van der Waals surface area (Å²) in [5.41, 5.74) is 0.291. The molecule has 4 fully saturated rings. The van der Waals surface area contributed by atoms with Gasteiger partial charge in [-0.1, -0.05) is 0 Å². The maximum Gasteiger partial charge on any atom is 0.306 e. The number of nitrogens with zero attached hydrogens (tertiary/aromatic N) is 1. The number of anilines is 1. The minimum absolute atomic E-state index is 0.115. The number of carbonyl (C=O) groups excluding carboxylic acids is 3. The Kier molecular flexibility index (Phi) is 5.34. The third-order valence-corrected chi connectivity index (χ3v) is 6.86. The van der Waals surface area contributed by atoms with Crippen molar-refractivity contribution < 1.29 is 24.2 Å². The van der Waals surface area contributed by atoms with Crippen molar-refractivity contribution in [1.82, 2.24) is 4.90 Å². The average molecular weight is 415 g/mol. The van der Waals surface area contributed by atoms with Crippen molar-refractivity contribution in [1.29, 1.82) is 0 Å². The Morgan fingerprint density at radius 1 is 1.10 bits per heavy atom. The average Bonchev–Trinajstić information content (AvgIpc) is 2.64. The molecule has 7 nitrogen and oxygen atoms in total. The number of hydrogen-bond acceptors (Lipinski definition) is 5. The quantitative estimate of drug-likeness (QED) is 0.698. The molecule has 0 aromatic heterocycles. The molecular weight excluding hydrogens is 384 g/mol. The smallest absolute Gasteiger partial charge is 0.306 e. The predicted octanol–water partition coefficient (Wildman–Crippen LogP) is 2.59. The van der Waals surface area contributed by atoms with E-state index in [9.17, 15) is 19.5 Å². The highest BCUT2D eigenvalue weighted by Gasteiger charge is 2.57. The highest BCUT2D eigenvalue weighted by atomic mass is 16.5. The van der Waals surface area contributed by atoms with Gasteiger partial charge in [0.2, 0.25) is 0 Å². The lowest BCUT2D eigenvalue weighted by Crippen LogP contribution is -2.56. The molecule has 162 valence electrons. The van der Waals surface area contributed by atoms with Crippen molar-refractivity contribution in [3.63, 3.8) is 0 Å². The maximum atomic E-state index is 12.4. The summed E-state index contributed by atoms with van der Waals surface area (Å²) in [6.45, 7) is -0.343. The Morgan fingerprint density at radius 2 is 1.73 bits per heavy atom. The van der Waals surface area contributed by atoms with Gasteiger partial charge >= 0.3 is 5.97 Å². The second kappa shape index (κ2) is 7.69. The monoisotopic (exact) mass is 414 g/mol. The molecule has 4 bridgehead atoms. The van der Waals surface area contributed by atoms with E-state index in [-0.39, 0.29) is 30.3 Å². The third kappa shape index (κ3) is 4.36. The number of rotatable bonds is 6. The summed E-state index contributed by atoms with van der Waals surface area (Å²) in [5.74, 6) is 0.113. The van der Waals surface area contributed by atoms with Crippen molar-refractivity contribution in [3.8, 4) is 0 Å². The van der Waals surface area contributed by atoms with E-state index >= 15 is 0 Å². The Bertz CT molecular complexity index is 834. The van der Waals surface area contributed by atoms with Crippen LogP contribution in [0.3, 0.4) is 0 Å². The van der Waals surface area contributed by atoms with Crippen LogP contribution in [0, 0.1) is 17.3 Å². The van der Waals surface area contributed by atoms with Crippen LogP contribution in [0.1, 0.15) is 55.3 Å². The van der Waals surface area contributed by atoms with Crippen molar-refractivity contribution in [2.24, 2.45) is 17.3 Å². The second-order valence-electron chi connectivity index (χ2n) is 9.85. The first-order chi connectivity index (χ1) is 14.2. The first kappa shape index (κ1) is 20.8. The van der Waals surface area contributed by atoms with Gasteiger partial charge in [0.05, 0.1) is 12.0 Å². The summed E-state index contributed by atoms with van der Waals surface area (Å²) in [7, 11) is 3.35. The predicted molar refractivity (Wildman–Crippen MR) is 111 cm³/mol. The standard InChI is InChI=1S/C23H30N2O5/c1-25(2)21(28)17-3-5-18(6-4-17)24-19(26)13-30-20(27)12-22-8-15-7-16(9-22)11-23(29,10-15)14-22/h3-6,15-16,29H,7-14H2,1-2H3,(H,24,26)/t15-,16+,22?,23?. The van der Waals surface area contributed by atoms with Gasteiger partial charge in [0.1, 0.15) is 0 Å². The van der Waals surface area contributed by atoms with E-state index < -0.39 is 11.5 Å². The molecule has 0 radical (unpaired) electrons. The van der Waals surface area contributed by atoms with Gasteiger partial charge in [-0.05, 0) is 80.0 Å². The van der Waals surface area contributed by atoms with Gasteiger partial charge in [-0.2, -0.15) is 0 Å². The largest absolute Gasteiger partial charge is 0.456 e. The third-order valence-electron chi connectivity index (χ3n) is 6.86. The van der Waals surface area contributed by atoms with Crippen molar-refractivity contribution >= 4 is 23.5 Å². The molecule has 2 N–H and O–H groups in total. The number of ether oxygens (including phenoxy) is 1. The second-order valence-corrected chi connectivity index (χ2v) is 9.85. The van der Waals surface area contributed by atoms with E-state index in [1.807, 2.05) is 0 Å². The lowest BCUT2D eigenvalue weighted by molar-refractivity contribution is -0.177. The summed E-state index contributed by atoms with van der Waals surface area (Å²) in [6, 6.07) is 6.57. The van der Waals surface area contributed by atoms with E-state index in [4.69, 9.17) is 4.74 Å². The molecule has 2 amide bonds. The molecule has 4 atom stereocenters. The van der Waals surface area contributed by atoms with Crippen LogP contribution < -0.4 is 5.32 Å². The molecule has 0 spiro atoms. The zero-order valence-corrected chi connectivity index (χ0v) is 17.6. The number of aliphatic hydroxyl groups is 1. The molecule has 0 aliphatic heterocycles. The summed E-state index contributed by atoms with van der Waals surface area (Å²) < 4.78 is 5.25. The number of carbonyl (C=O) groups is 3. The van der Waals surface area contributed by atoms with E-state index in [0.29, 0.717) is 29.5 Å². The van der Waals surface area contributed by atoms with E-state index in [0.717, 1.165) is 25.7 Å². The van der Waals surface area contributed by atoms with Crippen LogP contribution in [0.2, 0.25) is 0 Å². The Hall–Kier alpha value is -2.41. The highest BCUT2D eigenvalue weighted by Crippen LogP contribution is 2.62. The van der Waals surface area contributed by atoms with Crippen molar-refractivity contribution in [2.75, 3.05) is 26.0 Å². The summed E-state index contributed by atoms with van der Waals surface area (Å²) in [6.07, 6.45) is 5.79. The normalized spacial score (nSPS) is 31.3. The first-order valence-corrected chi connectivity index (χ1v) is 10.6. The highest BCUT2D eigenvalue weighted by molar-refractivity contribution is 5.96. The van der Waals surface area contributed by atoms with Crippen LogP contribution in [-0.2, 0) is 14.3 Å². The topological polar surface area (TPSA) is 95.9 Å². The fraction of sp³-hybridized carbons (Fsp3) is 0.609. The number of nitrogens with one attached hydrogen (secondary N) is 1. The maximum absolute atomic E-state index is 12.4. The van der Waals surface area contributed by atoms with Gasteiger partial charge in [0.15, 0.2) is 6.61 Å². The van der Waals surface area contributed by atoms with Gasteiger partial charge in [-0.25, -0.2) is 0 Å². The van der Waals surface area contributed by atoms with Gasteiger partial charge in [0, 0.05) is 25.3 Å². The molecule has 7 heteroatoms. The molecule has 5 rings (SSSR count). The number of hydrogen-bond donors (Lipinski definition) is 2. The zero-order chi connectivity index (χ0) is 21.5. The van der Waals surface area contributed by atoms with E-state index in [1.54, 1.807) is 38.4 Å². The minimum Gasteiger partial charge on any atom is -0.456 e. The molecule has 4 aliphatic carbocycles. The Morgan fingerprint density at radius 3 is 2.30 bits per heavy atom. The molecule has 1 aromatic rings. The van der Waals surface area contributed by atoms with Crippen LogP contribution >= 0.6 is 0 Å². The van der Waals surface area contributed by atoms with Gasteiger partial charge in [-0.15, -0.1) is 0 Å². The fourth-order valence-electron chi connectivity index (χ4n) is 6.26. The lowest BCUT2D eigenvalue weighted by Gasteiger charge is -2.60. The van der Waals surface area contributed by atoms with Crippen molar-refractivity contribution in [3.05, 3.63) is 29.8 Å². The molecule has 1 aromatic carbocycles. The summed E-state index contributed by atoms with van der Waals surface area (Å²) in [4.78, 5) is 38.0. The summed E-state index contributed by atoms with van der Waals surface area (Å²) in [5, 5.41) is 13.5. The van der Waals surface area contributed by atoms with Gasteiger partial charge in [-0.3, -0.25) is 14.4 Å². The van der Waals surface area contributed by atoms with Crippen LogP contribution in [-0.4, -0.2) is 54.1 Å². The fourth-order valence-corrected chi connectivity index (χ4v) is 6.26. The zero-order valence-electron chi connectivity index (χ0n) is 17.6. The lowest BCUT2D eigenvalue weighted by atomic mass is 9.47. The number of amides is 2. The molecule has 2 unspecified atom stereocenters. The molecular formula is C23H30N2O5. The van der Waals surface area contributed by atoms with Crippen LogP contribution in [0.15, 0.2) is 24.3 Å². The van der Waals surface area contributed by atoms with Gasteiger partial charge in [0.25, 0.3) is 11.8 Å². The van der Waals surface area contributed by atoms with Crippen LogP contribution in [0.5, 0.6) is 0 Å². The molecule has 30 heavy (non-hydrogen) atoms. The molecule has 4 aliphatic rings. The van der Waals surface area contributed by atoms with Crippen LogP contribution in [0.4, 0.5) is 5.69 Å². The number of esters is 1. The van der Waals surface area contributed by atoms with E-state index in [2.05, 4.69) is 5.32 Å². The van der Waals surface area contributed by atoms with Crippen molar-refractivity contribution in [2.45, 2.75) is 50.5 Å². The number of benzene rings is 1. The van der Waals surface area contributed by atoms with E-state index in [1.165, 1.54) is 11.3 Å².